The monoisotopic (exact) mass is 356 g/mol. The summed E-state index contributed by atoms with van der Waals surface area (Å²) in [7, 11) is 0. The quantitative estimate of drug-likeness (QED) is 0.589. The van der Waals surface area contributed by atoms with E-state index in [2.05, 4.69) is 54.0 Å². The minimum atomic E-state index is -0.699. The molecule has 4 nitrogen and oxygen atoms in total. The molecule has 0 spiro atoms. The van der Waals surface area contributed by atoms with Gasteiger partial charge in [-0.1, -0.05) is 42.0 Å². The molecule has 2 fully saturated rings. The highest BCUT2D eigenvalue weighted by Gasteiger charge is 2.39. The van der Waals surface area contributed by atoms with Crippen LogP contribution in [0, 0.1) is 5.92 Å². The van der Waals surface area contributed by atoms with Crippen molar-refractivity contribution in [3.05, 3.63) is 41.5 Å². The fourth-order valence-electron chi connectivity index (χ4n) is 4.11. The fourth-order valence-corrected chi connectivity index (χ4v) is 4.11. The summed E-state index contributed by atoms with van der Waals surface area (Å²) < 4.78 is 0. The molecule has 2 atom stereocenters. The van der Waals surface area contributed by atoms with Crippen LogP contribution < -0.4 is 10.6 Å². The molecule has 142 valence electrons. The van der Waals surface area contributed by atoms with Gasteiger partial charge in [-0.25, -0.2) is 0 Å². The first-order valence-corrected chi connectivity index (χ1v) is 10.1. The standard InChI is InChI=1S/C22H32N2O2/c1-16(14-17-6-3-2-4-7-17)20-15-21(20)24-19-11-9-18(10-12-19)23-13-5-8-22(25)26/h2-4,6-7,14,18-21,23-24H,5,8-13,15H2,1H3,(H,25,26)/t18-,19-,20-,21+/m0/s1. The molecule has 4 heteroatoms. The van der Waals surface area contributed by atoms with E-state index in [1.54, 1.807) is 0 Å². The number of carboxylic acid groups (broad SMARTS) is 1. The lowest BCUT2D eigenvalue weighted by Gasteiger charge is -2.30. The molecule has 1 aromatic carbocycles. The Hall–Kier alpha value is -1.65. The second-order valence-electron chi connectivity index (χ2n) is 7.91. The molecule has 2 aliphatic carbocycles. The van der Waals surface area contributed by atoms with Crippen molar-refractivity contribution in [3.8, 4) is 0 Å². The van der Waals surface area contributed by atoms with E-state index in [9.17, 15) is 4.79 Å². The van der Waals surface area contributed by atoms with Crippen molar-refractivity contribution in [2.75, 3.05) is 6.54 Å². The first-order valence-electron chi connectivity index (χ1n) is 10.1. The summed E-state index contributed by atoms with van der Waals surface area (Å²) >= 11 is 0. The van der Waals surface area contributed by atoms with Gasteiger partial charge in [-0.05, 0) is 63.5 Å². The van der Waals surface area contributed by atoms with Gasteiger partial charge in [-0.15, -0.1) is 0 Å². The summed E-state index contributed by atoms with van der Waals surface area (Å²) in [6.07, 6.45) is 9.42. The first kappa shape index (κ1) is 19.1. The minimum absolute atomic E-state index is 0.267. The molecule has 2 saturated carbocycles. The molecule has 2 aliphatic rings. The SMILES string of the molecule is CC(=Cc1ccccc1)[C@@H]1C[C@H]1N[C@H]1CC[C@H](NCCCC(=O)O)CC1. The van der Waals surface area contributed by atoms with Gasteiger partial charge >= 0.3 is 5.97 Å². The number of benzene rings is 1. The molecule has 1 aromatic rings. The van der Waals surface area contributed by atoms with Gasteiger partial charge in [0.25, 0.3) is 0 Å². The molecule has 26 heavy (non-hydrogen) atoms. The molecule has 0 bridgehead atoms. The minimum Gasteiger partial charge on any atom is -0.481 e. The van der Waals surface area contributed by atoms with Crippen LogP contribution >= 0.6 is 0 Å². The van der Waals surface area contributed by atoms with E-state index in [1.165, 1.54) is 43.2 Å². The smallest absolute Gasteiger partial charge is 0.303 e. The van der Waals surface area contributed by atoms with Crippen molar-refractivity contribution < 1.29 is 9.90 Å². The van der Waals surface area contributed by atoms with Crippen molar-refractivity contribution in [1.29, 1.82) is 0 Å². The van der Waals surface area contributed by atoms with Crippen LogP contribution in [0.3, 0.4) is 0 Å². The van der Waals surface area contributed by atoms with Crippen LogP contribution in [0.2, 0.25) is 0 Å². The second kappa shape index (κ2) is 9.33. The Morgan fingerprint density at radius 3 is 2.54 bits per heavy atom. The maximum atomic E-state index is 10.5. The summed E-state index contributed by atoms with van der Waals surface area (Å²) in [6, 6.07) is 12.4. The van der Waals surface area contributed by atoms with Crippen molar-refractivity contribution in [2.24, 2.45) is 5.92 Å². The Morgan fingerprint density at radius 2 is 1.85 bits per heavy atom. The van der Waals surface area contributed by atoms with Crippen LogP contribution in [0.4, 0.5) is 0 Å². The molecule has 0 unspecified atom stereocenters. The van der Waals surface area contributed by atoms with Gasteiger partial charge in [0.15, 0.2) is 0 Å². The summed E-state index contributed by atoms with van der Waals surface area (Å²) in [6.45, 7) is 3.08. The number of nitrogens with one attached hydrogen (secondary N) is 2. The van der Waals surface area contributed by atoms with Gasteiger partial charge in [0.2, 0.25) is 0 Å². The number of hydrogen-bond donors (Lipinski definition) is 3. The van der Waals surface area contributed by atoms with E-state index in [0.29, 0.717) is 24.0 Å². The zero-order valence-electron chi connectivity index (χ0n) is 15.8. The lowest BCUT2D eigenvalue weighted by molar-refractivity contribution is -0.137. The molecular weight excluding hydrogens is 324 g/mol. The van der Waals surface area contributed by atoms with Gasteiger partial charge in [-0.3, -0.25) is 4.79 Å². The van der Waals surface area contributed by atoms with Gasteiger partial charge in [0.05, 0.1) is 0 Å². The number of carbonyl (C=O) groups is 1. The summed E-state index contributed by atoms with van der Waals surface area (Å²) in [5, 5.41) is 16.1. The zero-order chi connectivity index (χ0) is 18.4. The van der Waals surface area contributed by atoms with E-state index in [-0.39, 0.29) is 6.42 Å². The second-order valence-corrected chi connectivity index (χ2v) is 7.91. The van der Waals surface area contributed by atoms with Crippen LogP contribution in [-0.4, -0.2) is 35.7 Å². The Balaban J connectivity index is 1.33. The lowest BCUT2D eigenvalue weighted by Crippen LogP contribution is -2.41. The third-order valence-electron chi connectivity index (χ3n) is 5.75. The molecule has 0 aliphatic heterocycles. The van der Waals surface area contributed by atoms with Crippen molar-refractivity contribution in [1.82, 2.24) is 10.6 Å². The zero-order valence-corrected chi connectivity index (χ0v) is 15.8. The summed E-state index contributed by atoms with van der Waals surface area (Å²) in [5.74, 6) is -0.00243. The first-order chi connectivity index (χ1) is 12.6. The lowest BCUT2D eigenvalue weighted by atomic mass is 9.91. The third kappa shape index (κ3) is 5.96. The topological polar surface area (TPSA) is 61.4 Å². The maximum Gasteiger partial charge on any atom is 0.303 e. The number of aliphatic carboxylic acids is 1. The largest absolute Gasteiger partial charge is 0.481 e. The molecule has 0 saturated heterocycles. The Labute approximate surface area is 157 Å². The van der Waals surface area contributed by atoms with Crippen LogP contribution in [0.25, 0.3) is 6.08 Å². The van der Waals surface area contributed by atoms with Crippen LogP contribution in [0.5, 0.6) is 0 Å². The van der Waals surface area contributed by atoms with Crippen molar-refractivity contribution >= 4 is 12.0 Å². The summed E-state index contributed by atoms with van der Waals surface area (Å²) in [4.78, 5) is 10.5. The number of carboxylic acids is 1. The van der Waals surface area contributed by atoms with Crippen LogP contribution in [-0.2, 0) is 4.79 Å². The number of rotatable bonds is 9. The molecule has 3 rings (SSSR count). The van der Waals surface area contributed by atoms with E-state index < -0.39 is 5.97 Å². The van der Waals surface area contributed by atoms with Crippen molar-refractivity contribution in [2.45, 2.75) is 70.0 Å². The molecule has 3 N–H and O–H groups in total. The van der Waals surface area contributed by atoms with Crippen LogP contribution in [0.1, 0.15) is 57.4 Å². The van der Waals surface area contributed by atoms with Gasteiger partial charge in [-0.2, -0.15) is 0 Å². The highest BCUT2D eigenvalue weighted by molar-refractivity contribution is 5.66. The fraction of sp³-hybridized carbons (Fsp3) is 0.591. The maximum absolute atomic E-state index is 10.5. The molecular formula is C22H32N2O2. The average Bonchev–Trinajstić information content (AvgIpc) is 3.40. The molecule has 0 amide bonds. The molecule has 0 aromatic heterocycles. The van der Waals surface area contributed by atoms with Gasteiger partial charge in [0, 0.05) is 24.5 Å². The van der Waals surface area contributed by atoms with E-state index >= 15 is 0 Å². The van der Waals surface area contributed by atoms with Gasteiger partial charge in [0.1, 0.15) is 0 Å². The predicted molar refractivity (Wildman–Crippen MR) is 106 cm³/mol. The average molecular weight is 357 g/mol. The van der Waals surface area contributed by atoms with Crippen LogP contribution in [0.15, 0.2) is 35.9 Å². The summed E-state index contributed by atoms with van der Waals surface area (Å²) in [5.41, 5.74) is 2.78. The van der Waals surface area contributed by atoms with Crippen molar-refractivity contribution in [3.63, 3.8) is 0 Å². The Morgan fingerprint density at radius 1 is 1.15 bits per heavy atom. The van der Waals surface area contributed by atoms with E-state index in [0.717, 1.165) is 13.0 Å². The Kier molecular flexibility index (Phi) is 6.86. The highest BCUT2D eigenvalue weighted by Crippen LogP contribution is 2.39. The Bertz CT molecular complexity index is 606. The molecule has 0 radical (unpaired) electrons. The highest BCUT2D eigenvalue weighted by atomic mass is 16.4. The number of hydrogen-bond acceptors (Lipinski definition) is 3. The van der Waals surface area contributed by atoms with Gasteiger partial charge < -0.3 is 15.7 Å². The predicted octanol–water partition coefficient (Wildman–Crippen LogP) is 3.83. The van der Waals surface area contributed by atoms with E-state index in [1.807, 2.05) is 0 Å². The molecule has 0 heterocycles. The van der Waals surface area contributed by atoms with E-state index in [4.69, 9.17) is 5.11 Å². The third-order valence-corrected chi connectivity index (χ3v) is 5.75. The normalized spacial score (nSPS) is 28.7.